The monoisotopic (exact) mass is 415 g/mol. The fourth-order valence-corrected chi connectivity index (χ4v) is 3.44. The highest BCUT2D eigenvalue weighted by Crippen LogP contribution is 2.35. The minimum absolute atomic E-state index is 0.0785. The van der Waals surface area contributed by atoms with Crippen LogP contribution in [0.4, 0.5) is 0 Å². The number of carbonyl (C=O) groups excluding carboxylic acids is 1. The Morgan fingerprint density at radius 2 is 1.60 bits per heavy atom. The van der Waals surface area contributed by atoms with Crippen molar-refractivity contribution in [3.63, 3.8) is 0 Å². The number of amides is 1. The Hall–Kier alpha value is -2.77. The SMILES string of the molecule is CNC[C@@H](CC(C)C)NC[C@@H](Cc1ccccc1)NC(=O)c1cc(O)c(O)c(O)c1. The fraction of sp³-hybridized carbons (Fsp3) is 0.435. The number of likely N-dealkylation sites (N-methyl/N-ethyl adjacent to an activating group) is 1. The molecule has 2 atom stereocenters. The van der Waals surface area contributed by atoms with Crippen LogP contribution in [-0.4, -0.2) is 53.4 Å². The van der Waals surface area contributed by atoms with Crippen molar-refractivity contribution < 1.29 is 20.1 Å². The summed E-state index contributed by atoms with van der Waals surface area (Å²) in [5, 5.41) is 38.7. The fourth-order valence-electron chi connectivity index (χ4n) is 3.44. The molecule has 0 bridgehead atoms. The van der Waals surface area contributed by atoms with Gasteiger partial charge in [-0.2, -0.15) is 0 Å². The number of rotatable bonds is 11. The van der Waals surface area contributed by atoms with Crippen LogP contribution in [0.2, 0.25) is 0 Å². The van der Waals surface area contributed by atoms with E-state index >= 15 is 0 Å². The van der Waals surface area contributed by atoms with Gasteiger partial charge in [-0.15, -0.1) is 0 Å². The molecule has 7 nitrogen and oxygen atoms in total. The van der Waals surface area contributed by atoms with Crippen LogP contribution >= 0.6 is 0 Å². The molecule has 0 aliphatic heterocycles. The Balaban J connectivity index is 2.13. The summed E-state index contributed by atoms with van der Waals surface area (Å²) in [5.74, 6) is -1.61. The van der Waals surface area contributed by atoms with Crippen molar-refractivity contribution in [3.05, 3.63) is 53.6 Å². The molecule has 0 heterocycles. The van der Waals surface area contributed by atoms with E-state index in [2.05, 4.69) is 29.8 Å². The third-order valence-electron chi connectivity index (χ3n) is 4.85. The van der Waals surface area contributed by atoms with Gasteiger partial charge in [-0.1, -0.05) is 44.2 Å². The van der Waals surface area contributed by atoms with Crippen molar-refractivity contribution in [1.29, 1.82) is 0 Å². The molecule has 2 aromatic carbocycles. The lowest BCUT2D eigenvalue weighted by Crippen LogP contribution is -2.48. The van der Waals surface area contributed by atoms with Gasteiger partial charge in [-0.05, 0) is 43.5 Å². The first-order valence-electron chi connectivity index (χ1n) is 10.3. The highest BCUT2D eigenvalue weighted by atomic mass is 16.3. The molecule has 2 rings (SSSR count). The zero-order chi connectivity index (χ0) is 22.1. The standard InChI is InChI=1S/C23H33N3O4/c1-15(2)9-18(13-24-3)25-14-19(10-16-7-5-4-6-8-16)26-23(30)17-11-20(27)22(29)21(28)12-17/h4-8,11-12,15,18-19,24-25,27-29H,9-10,13-14H2,1-3H3,(H,26,30)/t18-,19-/m1/s1. The summed E-state index contributed by atoms with van der Waals surface area (Å²) in [6.45, 7) is 5.74. The van der Waals surface area contributed by atoms with E-state index in [0.717, 1.165) is 30.7 Å². The van der Waals surface area contributed by atoms with Crippen LogP contribution in [0.3, 0.4) is 0 Å². The lowest BCUT2D eigenvalue weighted by Gasteiger charge is -2.25. The summed E-state index contributed by atoms with van der Waals surface area (Å²) in [4.78, 5) is 12.8. The van der Waals surface area contributed by atoms with E-state index < -0.39 is 23.2 Å². The normalized spacial score (nSPS) is 13.2. The molecular weight excluding hydrogens is 382 g/mol. The van der Waals surface area contributed by atoms with Gasteiger partial charge in [-0.3, -0.25) is 4.79 Å². The maximum absolute atomic E-state index is 12.8. The van der Waals surface area contributed by atoms with Crippen LogP contribution in [0.5, 0.6) is 17.2 Å². The van der Waals surface area contributed by atoms with Crippen molar-refractivity contribution >= 4 is 5.91 Å². The Morgan fingerprint density at radius 1 is 0.967 bits per heavy atom. The molecule has 0 aliphatic rings. The maximum Gasteiger partial charge on any atom is 0.251 e. The Bertz CT molecular complexity index is 788. The van der Waals surface area contributed by atoms with Crippen molar-refractivity contribution in [2.45, 2.75) is 38.8 Å². The molecule has 0 radical (unpaired) electrons. The average molecular weight is 416 g/mol. The molecule has 7 heteroatoms. The van der Waals surface area contributed by atoms with Crippen LogP contribution in [0, 0.1) is 5.92 Å². The van der Waals surface area contributed by atoms with Gasteiger partial charge in [0, 0.05) is 30.7 Å². The highest BCUT2D eigenvalue weighted by Gasteiger charge is 2.19. The zero-order valence-electron chi connectivity index (χ0n) is 17.9. The van der Waals surface area contributed by atoms with Crippen LogP contribution in [0.25, 0.3) is 0 Å². The molecule has 164 valence electrons. The highest BCUT2D eigenvalue weighted by molar-refractivity contribution is 5.95. The second-order valence-electron chi connectivity index (χ2n) is 8.02. The quantitative estimate of drug-likeness (QED) is 0.314. The van der Waals surface area contributed by atoms with Crippen molar-refractivity contribution in [2.75, 3.05) is 20.1 Å². The minimum Gasteiger partial charge on any atom is -0.504 e. The lowest BCUT2D eigenvalue weighted by atomic mass is 10.0. The van der Waals surface area contributed by atoms with E-state index in [4.69, 9.17) is 0 Å². The second-order valence-corrected chi connectivity index (χ2v) is 8.02. The average Bonchev–Trinajstić information content (AvgIpc) is 2.70. The van der Waals surface area contributed by atoms with Gasteiger partial charge in [-0.25, -0.2) is 0 Å². The molecule has 2 aromatic rings. The summed E-state index contributed by atoms with van der Waals surface area (Å²) in [5.41, 5.74) is 1.17. The number of benzene rings is 2. The number of phenolic OH excluding ortho intramolecular Hbond substituents is 3. The number of hydrogen-bond acceptors (Lipinski definition) is 6. The van der Waals surface area contributed by atoms with Gasteiger partial charge in [0.25, 0.3) is 5.91 Å². The predicted molar refractivity (Wildman–Crippen MR) is 118 cm³/mol. The molecular formula is C23H33N3O4. The Kier molecular flexibility index (Phi) is 8.95. The number of aromatic hydroxyl groups is 3. The van der Waals surface area contributed by atoms with Crippen molar-refractivity contribution in [1.82, 2.24) is 16.0 Å². The van der Waals surface area contributed by atoms with E-state index in [0.29, 0.717) is 18.9 Å². The van der Waals surface area contributed by atoms with Gasteiger partial charge in [0.05, 0.1) is 0 Å². The summed E-state index contributed by atoms with van der Waals surface area (Å²) < 4.78 is 0. The molecule has 0 aliphatic carbocycles. The molecule has 6 N–H and O–H groups in total. The number of hydrogen-bond donors (Lipinski definition) is 6. The second kappa shape index (κ2) is 11.4. The molecule has 0 fully saturated rings. The van der Waals surface area contributed by atoms with Gasteiger partial charge >= 0.3 is 0 Å². The van der Waals surface area contributed by atoms with Crippen LogP contribution < -0.4 is 16.0 Å². The molecule has 0 saturated heterocycles. The summed E-state index contributed by atoms with van der Waals surface area (Å²) in [7, 11) is 1.92. The maximum atomic E-state index is 12.8. The van der Waals surface area contributed by atoms with Gasteiger partial charge in [0.1, 0.15) is 0 Å². The summed E-state index contributed by atoms with van der Waals surface area (Å²) in [6.07, 6.45) is 1.64. The van der Waals surface area contributed by atoms with E-state index in [1.807, 2.05) is 37.4 Å². The number of phenols is 3. The van der Waals surface area contributed by atoms with Gasteiger partial charge < -0.3 is 31.3 Å². The molecule has 0 saturated carbocycles. The molecule has 30 heavy (non-hydrogen) atoms. The smallest absolute Gasteiger partial charge is 0.251 e. The van der Waals surface area contributed by atoms with Gasteiger partial charge in [0.15, 0.2) is 17.2 Å². The van der Waals surface area contributed by atoms with Crippen LogP contribution in [-0.2, 0) is 6.42 Å². The lowest BCUT2D eigenvalue weighted by molar-refractivity contribution is 0.0934. The largest absolute Gasteiger partial charge is 0.504 e. The molecule has 0 aromatic heterocycles. The summed E-state index contributed by atoms with van der Waals surface area (Å²) in [6, 6.07) is 12.2. The van der Waals surface area contributed by atoms with Crippen molar-refractivity contribution in [3.8, 4) is 17.2 Å². The van der Waals surface area contributed by atoms with Gasteiger partial charge in [0.2, 0.25) is 0 Å². The van der Waals surface area contributed by atoms with E-state index in [-0.39, 0.29) is 17.6 Å². The minimum atomic E-state index is -0.641. The Morgan fingerprint density at radius 3 is 2.17 bits per heavy atom. The molecule has 1 amide bonds. The first-order chi connectivity index (χ1) is 14.3. The molecule has 0 spiro atoms. The topological polar surface area (TPSA) is 114 Å². The van der Waals surface area contributed by atoms with E-state index in [9.17, 15) is 20.1 Å². The van der Waals surface area contributed by atoms with Crippen molar-refractivity contribution in [2.24, 2.45) is 5.92 Å². The third kappa shape index (κ3) is 7.24. The first-order valence-corrected chi connectivity index (χ1v) is 10.3. The zero-order valence-corrected chi connectivity index (χ0v) is 17.9. The summed E-state index contributed by atoms with van der Waals surface area (Å²) >= 11 is 0. The third-order valence-corrected chi connectivity index (χ3v) is 4.85. The van der Waals surface area contributed by atoms with E-state index in [1.54, 1.807) is 0 Å². The molecule has 0 unspecified atom stereocenters. The van der Waals surface area contributed by atoms with E-state index in [1.165, 1.54) is 0 Å². The Labute approximate surface area is 178 Å². The van der Waals surface area contributed by atoms with Crippen LogP contribution in [0.15, 0.2) is 42.5 Å². The predicted octanol–water partition coefficient (Wildman–Crippen LogP) is 2.37. The van der Waals surface area contributed by atoms with Crippen LogP contribution in [0.1, 0.15) is 36.2 Å². The number of nitrogens with one attached hydrogen (secondary N) is 3. The number of carbonyl (C=O) groups is 1. The first kappa shape index (κ1) is 23.5.